The van der Waals surface area contributed by atoms with Crippen molar-refractivity contribution in [3.05, 3.63) is 24.0 Å². The minimum absolute atomic E-state index is 0.00361. The van der Waals surface area contributed by atoms with Crippen molar-refractivity contribution in [2.45, 2.75) is 17.9 Å². The van der Waals surface area contributed by atoms with Gasteiger partial charge < -0.3 is 10.6 Å². The van der Waals surface area contributed by atoms with Crippen molar-refractivity contribution in [2.75, 3.05) is 26.4 Å². The normalized spacial score (nSPS) is 13.8. The summed E-state index contributed by atoms with van der Waals surface area (Å²) in [6, 6.07) is 3.47. The Bertz CT molecular complexity index is 517. The van der Waals surface area contributed by atoms with Crippen molar-refractivity contribution >= 4 is 15.7 Å². The number of nitrogens with two attached hydrogens (primary N) is 1. The molecule has 0 aliphatic carbocycles. The molecule has 7 heteroatoms. The molecule has 1 atom stereocenters. The van der Waals surface area contributed by atoms with Gasteiger partial charge >= 0.3 is 0 Å². The predicted octanol–water partition coefficient (Wildman–Crippen LogP) is 0.636. The second-order valence-electron chi connectivity index (χ2n) is 4.35. The van der Waals surface area contributed by atoms with Crippen LogP contribution in [0.4, 0.5) is 10.1 Å². The van der Waals surface area contributed by atoms with Gasteiger partial charge in [0.25, 0.3) is 0 Å². The molecule has 102 valence electrons. The van der Waals surface area contributed by atoms with Crippen LogP contribution in [-0.2, 0) is 10.0 Å². The molecule has 0 fully saturated rings. The molecule has 0 saturated carbocycles. The molecule has 0 saturated heterocycles. The van der Waals surface area contributed by atoms with E-state index in [-0.39, 0.29) is 18.3 Å². The number of anilines is 1. The third kappa shape index (κ3) is 3.66. The van der Waals surface area contributed by atoms with E-state index in [1.165, 1.54) is 6.07 Å². The first-order chi connectivity index (χ1) is 8.24. The molecule has 5 nitrogen and oxygen atoms in total. The smallest absolute Gasteiger partial charge is 0.243 e. The molecular formula is C11H18FN3O2S. The highest BCUT2D eigenvalue weighted by molar-refractivity contribution is 7.89. The summed E-state index contributed by atoms with van der Waals surface area (Å²) in [4.78, 5) is 1.44. The van der Waals surface area contributed by atoms with E-state index in [0.29, 0.717) is 0 Å². The van der Waals surface area contributed by atoms with Crippen molar-refractivity contribution < 1.29 is 12.8 Å². The van der Waals surface area contributed by atoms with Gasteiger partial charge in [0.15, 0.2) is 0 Å². The van der Waals surface area contributed by atoms with Gasteiger partial charge in [-0.2, -0.15) is 0 Å². The maximum Gasteiger partial charge on any atom is 0.243 e. The summed E-state index contributed by atoms with van der Waals surface area (Å²) in [6.07, 6.45) is 0. The fourth-order valence-corrected chi connectivity index (χ4v) is 2.45. The summed E-state index contributed by atoms with van der Waals surface area (Å²) in [5, 5.41) is 0. The highest BCUT2D eigenvalue weighted by Gasteiger charge is 2.20. The van der Waals surface area contributed by atoms with Crippen molar-refractivity contribution in [1.82, 2.24) is 9.62 Å². The lowest BCUT2D eigenvalue weighted by molar-refractivity contribution is 0.313. The Kier molecular flexibility index (Phi) is 4.66. The van der Waals surface area contributed by atoms with Crippen molar-refractivity contribution in [1.29, 1.82) is 0 Å². The minimum atomic E-state index is -3.87. The van der Waals surface area contributed by atoms with E-state index in [0.717, 1.165) is 12.1 Å². The van der Waals surface area contributed by atoms with Crippen LogP contribution in [0.15, 0.2) is 23.1 Å². The van der Waals surface area contributed by atoms with E-state index in [1.807, 2.05) is 25.9 Å². The Labute approximate surface area is 107 Å². The molecule has 0 aromatic heterocycles. The average molecular weight is 275 g/mol. The van der Waals surface area contributed by atoms with Gasteiger partial charge in [-0.25, -0.2) is 17.5 Å². The largest absolute Gasteiger partial charge is 0.399 e. The Hall–Kier alpha value is -1.18. The molecule has 3 N–H and O–H groups in total. The predicted molar refractivity (Wildman–Crippen MR) is 69.1 cm³/mol. The number of benzene rings is 1. The van der Waals surface area contributed by atoms with Crippen LogP contribution in [0.1, 0.15) is 6.92 Å². The maximum atomic E-state index is 13.5. The fraction of sp³-hybridized carbons (Fsp3) is 0.455. The van der Waals surface area contributed by atoms with Crippen LogP contribution < -0.4 is 10.5 Å². The van der Waals surface area contributed by atoms with Crippen LogP contribution in [-0.4, -0.2) is 40.0 Å². The highest BCUT2D eigenvalue weighted by Crippen LogP contribution is 2.17. The third-order valence-electron chi connectivity index (χ3n) is 2.70. The minimum Gasteiger partial charge on any atom is -0.399 e. The summed E-state index contributed by atoms with van der Waals surface area (Å²) in [5.74, 6) is -0.811. The quantitative estimate of drug-likeness (QED) is 0.773. The zero-order valence-electron chi connectivity index (χ0n) is 10.6. The van der Waals surface area contributed by atoms with E-state index in [4.69, 9.17) is 5.73 Å². The lowest BCUT2D eigenvalue weighted by Crippen LogP contribution is -2.38. The monoisotopic (exact) mass is 275 g/mol. The van der Waals surface area contributed by atoms with Gasteiger partial charge in [0.2, 0.25) is 10.0 Å². The van der Waals surface area contributed by atoms with Gasteiger partial charge in [-0.05, 0) is 39.2 Å². The van der Waals surface area contributed by atoms with Crippen LogP contribution in [0.2, 0.25) is 0 Å². The zero-order valence-corrected chi connectivity index (χ0v) is 11.5. The van der Waals surface area contributed by atoms with E-state index in [9.17, 15) is 12.8 Å². The van der Waals surface area contributed by atoms with Crippen LogP contribution in [0, 0.1) is 5.82 Å². The van der Waals surface area contributed by atoms with Crippen molar-refractivity contribution in [2.24, 2.45) is 0 Å². The molecule has 0 radical (unpaired) electrons. The Morgan fingerprint density at radius 2 is 2.06 bits per heavy atom. The molecular weight excluding hydrogens is 257 g/mol. The van der Waals surface area contributed by atoms with Gasteiger partial charge in [0.05, 0.1) is 0 Å². The summed E-state index contributed by atoms with van der Waals surface area (Å²) < 4.78 is 39.6. The average Bonchev–Trinajstić information content (AvgIpc) is 2.29. The first kappa shape index (κ1) is 14.9. The number of sulfonamides is 1. The number of likely N-dealkylation sites (N-methyl/N-ethyl adjacent to an activating group) is 1. The van der Waals surface area contributed by atoms with Crippen LogP contribution in [0.25, 0.3) is 0 Å². The number of hydrogen-bond acceptors (Lipinski definition) is 4. The number of nitrogens with one attached hydrogen (secondary N) is 1. The number of nitrogen functional groups attached to an aromatic ring is 1. The van der Waals surface area contributed by atoms with E-state index in [2.05, 4.69) is 4.72 Å². The van der Waals surface area contributed by atoms with Gasteiger partial charge in [-0.15, -0.1) is 0 Å². The van der Waals surface area contributed by atoms with Crippen LogP contribution in [0.3, 0.4) is 0 Å². The van der Waals surface area contributed by atoms with Gasteiger partial charge in [0.1, 0.15) is 10.7 Å². The summed E-state index contributed by atoms with van der Waals surface area (Å²) >= 11 is 0. The molecule has 18 heavy (non-hydrogen) atoms. The van der Waals surface area contributed by atoms with Gasteiger partial charge in [-0.3, -0.25) is 0 Å². The molecule has 0 heterocycles. The lowest BCUT2D eigenvalue weighted by Gasteiger charge is -2.20. The van der Waals surface area contributed by atoms with Crippen LogP contribution in [0.5, 0.6) is 0 Å². The van der Waals surface area contributed by atoms with Crippen molar-refractivity contribution in [3.8, 4) is 0 Å². The number of halogens is 1. The maximum absolute atomic E-state index is 13.5. The lowest BCUT2D eigenvalue weighted by atomic mass is 10.3. The zero-order chi connectivity index (χ0) is 13.9. The SMILES string of the molecule is CC(CNS(=O)(=O)c1cc(N)ccc1F)N(C)C. The number of hydrogen-bond donors (Lipinski definition) is 2. The molecule has 1 rings (SSSR count). The first-order valence-corrected chi connectivity index (χ1v) is 6.93. The second-order valence-corrected chi connectivity index (χ2v) is 6.09. The Balaban J connectivity index is 2.90. The molecule has 0 aliphatic heterocycles. The summed E-state index contributed by atoms with van der Waals surface area (Å²) in [7, 11) is -0.207. The molecule has 0 amide bonds. The number of nitrogens with zero attached hydrogens (tertiary/aromatic N) is 1. The molecule has 1 unspecified atom stereocenters. The molecule has 1 aromatic rings. The molecule has 0 spiro atoms. The van der Waals surface area contributed by atoms with E-state index < -0.39 is 20.7 Å². The standard InChI is InChI=1S/C11H18FN3O2S/c1-8(15(2)3)7-14-18(16,17)11-6-9(13)4-5-10(11)12/h4-6,8,14H,7,13H2,1-3H3. The van der Waals surface area contributed by atoms with Gasteiger partial charge in [-0.1, -0.05) is 0 Å². The first-order valence-electron chi connectivity index (χ1n) is 5.45. The fourth-order valence-electron chi connectivity index (χ4n) is 1.22. The van der Waals surface area contributed by atoms with E-state index >= 15 is 0 Å². The molecule has 0 aliphatic rings. The topological polar surface area (TPSA) is 75.4 Å². The summed E-state index contributed by atoms with van der Waals surface area (Å²) in [6.45, 7) is 2.06. The Morgan fingerprint density at radius 1 is 1.44 bits per heavy atom. The number of rotatable bonds is 5. The Morgan fingerprint density at radius 3 is 2.61 bits per heavy atom. The second kappa shape index (κ2) is 5.64. The molecule has 1 aromatic carbocycles. The van der Waals surface area contributed by atoms with Crippen molar-refractivity contribution in [3.63, 3.8) is 0 Å². The summed E-state index contributed by atoms with van der Waals surface area (Å²) in [5.41, 5.74) is 5.67. The third-order valence-corrected chi connectivity index (χ3v) is 4.13. The van der Waals surface area contributed by atoms with E-state index in [1.54, 1.807) is 0 Å². The van der Waals surface area contributed by atoms with Crippen LogP contribution >= 0.6 is 0 Å². The molecule has 0 bridgehead atoms. The highest BCUT2D eigenvalue weighted by atomic mass is 32.2. The van der Waals surface area contributed by atoms with Gasteiger partial charge in [0, 0.05) is 18.3 Å².